The molecule has 2 rings (SSSR count). The summed E-state index contributed by atoms with van der Waals surface area (Å²) < 4.78 is 24.6. The Balaban J connectivity index is 2.34. The molecule has 50 heavy (non-hydrogen) atoms. The van der Waals surface area contributed by atoms with Gasteiger partial charge in [-0.05, 0) is 76.0 Å². The van der Waals surface area contributed by atoms with Crippen LogP contribution >= 0.6 is 0 Å². The molecule has 14 atom stereocenters. The average molecular weight is 710 g/mol. The van der Waals surface area contributed by atoms with E-state index in [-0.39, 0.29) is 42.4 Å². The van der Waals surface area contributed by atoms with E-state index in [9.17, 15) is 30.3 Å². The smallest absolute Gasteiger partial charge is 0.217 e. The lowest BCUT2D eigenvalue weighted by molar-refractivity contribution is -0.285. The minimum atomic E-state index is -1.48. The highest BCUT2D eigenvalue weighted by molar-refractivity contribution is 5.73. The van der Waals surface area contributed by atoms with Gasteiger partial charge in [0.25, 0.3) is 0 Å². The standard InChI is InChI=1S/C39H67NO10/c1-12-39(46)21-32(43)27(7)38(50-39)33(47-11)19-26(6)37(49-34-20-31(40-30(10)42)36(45)29(9)48-34)25(5)18-14-17-24(4)35(44)23(3)16-13-15-22(2)28(8)41/h13,15-16,18-19,22,24,26-29,31-32,34-38,41,43-46H,12,14,17,20-21H2,1-11H3,(H,40,42). The molecule has 0 aliphatic carbocycles. The van der Waals surface area contributed by atoms with E-state index in [0.717, 1.165) is 11.1 Å². The first-order chi connectivity index (χ1) is 23.3. The minimum Gasteiger partial charge on any atom is -0.499 e. The third kappa shape index (κ3) is 12.8. The molecule has 11 nitrogen and oxygen atoms in total. The lowest BCUT2D eigenvalue weighted by Gasteiger charge is -2.43. The predicted molar refractivity (Wildman–Crippen MR) is 193 cm³/mol. The maximum absolute atomic E-state index is 11.9. The Morgan fingerprint density at radius 2 is 1.72 bits per heavy atom. The van der Waals surface area contributed by atoms with E-state index in [1.807, 2.05) is 72.8 Å². The van der Waals surface area contributed by atoms with Crippen LogP contribution in [0, 0.1) is 23.7 Å². The third-order valence-electron chi connectivity index (χ3n) is 10.4. The van der Waals surface area contributed by atoms with Gasteiger partial charge in [0.2, 0.25) is 5.91 Å². The van der Waals surface area contributed by atoms with Crippen LogP contribution in [-0.2, 0) is 23.7 Å². The first-order valence-corrected chi connectivity index (χ1v) is 18.3. The van der Waals surface area contributed by atoms with Gasteiger partial charge in [-0.3, -0.25) is 4.79 Å². The molecule has 0 radical (unpaired) electrons. The highest BCUT2D eigenvalue weighted by Gasteiger charge is 2.45. The fourth-order valence-corrected chi connectivity index (χ4v) is 6.57. The first kappa shape index (κ1) is 44.1. The molecule has 2 aliphatic heterocycles. The number of ether oxygens (including phenoxy) is 4. The van der Waals surface area contributed by atoms with Crippen LogP contribution in [0.2, 0.25) is 0 Å². The fraction of sp³-hybridized carbons (Fsp3) is 0.769. The molecule has 0 saturated carbocycles. The van der Waals surface area contributed by atoms with Gasteiger partial charge in [-0.25, -0.2) is 0 Å². The quantitative estimate of drug-likeness (QED) is 0.0710. The van der Waals surface area contributed by atoms with Crippen LogP contribution < -0.4 is 5.32 Å². The number of amides is 1. The molecule has 0 aromatic rings. The van der Waals surface area contributed by atoms with Crippen molar-refractivity contribution in [3.05, 3.63) is 47.3 Å². The van der Waals surface area contributed by atoms with Crippen molar-refractivity contribution < 1.29 is 49.3 Å². The largest absolute Gasteiger partial charge is 0.499 e. The van der Waals surface area contributed by atoms with Crippen molar-refractivity contribution in [2.24, 2.45) is 23.7 Å². The van der Waals surface area contributed by atoms with Gasteiger partial charge in [-0.2, -0.15) is 0 Å². The number of aliphatic hydroxyl groups excluding tert-OH is 4. The minimum absolute atomic E-state index is 0.0161. The summed E-state index contributed by atoms with van der Waals surface area (Å²) in [5.74, 6) is -1.89. The maximum atomic E-state index is 11.9. The molecule has 14 unspecified atom stereocenters. The summed E-state index contributed by atoms with van der Waals surface area (Å²) in [5.41, 5.74) is 1.77. The summed E-state index contributed by atoms with van der Waals surface area (Å²) in [7, 11) is 1.54. The van der Waals surface area contributed by atoms with Crippen LogP contribution in [0.25, 0.3) is 0 Å². The molecule has 11 heteroatoms. The fourth-order valence-electron chi connectivity index (χ4n) is 6.57. The summed E-state index contributed by atoms with van der Waals surface area (Å²) >= 11 is 0. The van der Waals surface area contributed by atoms with Crippen molar-refractivity contribution in [1.29, 1.82) is 0 Å². The molecule has 2 aliphatic rings. The van der Waals surface area contributed by atoms with Gasteiger partial charge in [-0.1, -0.05) is 58.9 Å². The van der Waals surface area contributed by atoms with Crippen LogP contribution in [0.1, 0.15) is 101 Å². The zero-order chi connectivity index (χ0) is 37.9. The summed E-state index contributed by atoms with van der Waals surface area (Å²) in [6.45, 7) is 18.4. The lowest BCUT2D eigenvalue weighted by atomic mass is 9.85. The Morgan fingerprint density at radius 1 is 1.06 bits per heavy atom. The molecule has 2 saturated heterocycles. The van der Waals surface area contributed by atoms with E-state index >= 15 is 0 Å². The van der Waals surface area contributed by atoms with Crippen molar-refractivity contribution in [3.63, 3.8) is 0 Å². The number of carbonyl (C=O) groups is 1. The zero-order valence-electron chi connectivity index (χ0n) is 32.2. The van der Waals surface area contributed by atoms with Crippen LogP contribution in [0.3, 0.4) is 0 Å². The van der Waals surface area contributed by atoms with E-state index in [1.54, 1.807) is 13.8 Å². The Morgan fingerprint density at radius 3 is 2.30 bits per heavy atom. The van der Waals surface area contributed by atoms with Crippen molar-refractivity contribution in [2.75, 3.05) is 7.11 Å². The second kappa shape index (κ2) is 20.2. The second-order valence-corrected chi connectivity index (χ2v) is 14.8. The van der Waals surface area contributed by atoms with E-state index in [4.69, 9.17) is 18.9 Å². The average Bonchev–Trinajstić information content (AvgIpc) is 3.05. The zero-order valence-corrected chi connectivity index (χ0v) is 32.2. The number of nitrogens with one attached hydrogen (secondary N) is 1. The highest BCUT2D eigenvalue weighted by Crippen LogP contribution is 2.37. The molecule has 1 amide bonds. The predicted octanol–water partition coefficient (Wildman–Crippen LogP) is 4.67. The first-order valence-electron chi connectivity index (χ1n) is 18.3. The number of rotatable bonds is 17. The molecule has 0 bridgehead atoms. The molecule has 0 aromatic carbocycles. The maximum Gasteiger partial charge on any atom is 0.217 e. The SMILES string of the molecule is CCC1(O)CC(O)C(C)C(C(=CC(C)C(OC2CC(NC(C)=O)C(O)C(C)O2)C(C)=CCCC(C)C(O)C(C)=CC=CC(C)C(C)O)OC)O1. The van der Waals surface area contributed by atoms with Crippen molar-refractivity contribution in [3.8, 4) is 0 Å². The Hall–Kier alpha value is -2.09. The number of methoxy groups -OCH3 is 1. The summed E-state index contributed by atoms with van der Waals surface area (Å²) in [6.07, 6.45) is 6.51. The van der Waals surface area contributed by atoms with Gasteiger partial charge >= 0.3 is 0 Å². The number of hydrogen-bond acceptors (Lipinski definition) is 10. The van der Waals surface area contributed by atoms with Crippen LogP contribution in [0.4, 0.5) is 0 Å². The molecule has 6 N–H and O–H groups in total. The monoisotopic (exact) mass is 709 g/mol. The number of carbonyl (C=O) groups excluding carboxylic acids is 1. The van der Waals surface area contributed by atoms with Crippen molar-refractivity contribution >= 4 is 5.91 Å². The van der Waals surface area contributed by atoms with Gasteiger partial charge < -0.3 is 49.8 Å². The van der Waals surface area contributed by atoms with Gasteiger partial charge in [0, 0.05) is 31.6 Å². The van der Waals surface area contributed by atoms with E-state index in [2.05, 4.69) is 11.4 Å². The summed E-state index contributed by atoms with van der Waals surface area (Å²) in [6, 6.07) is -0.542. The summed E-state index contributed by atoms with van der Waals surface area (Å²) in [4.78, 5) is 11.9. The van der Waals surface area contributed by atoms with E-state index in [0.29, 0.717) is 25.0 Å². The van der Waals surface area contributed by atoms with Gasteiger partial charge in [-0.15, -0.1) is 0 Å². The van der Waals surface area contributed by atoms with Gasteiger partial charge in [0.1, 0.15) is 18.0 Å². The topological polar surface area (TPSA) is 167 Å². The number of allylic oxidation sites excluding steroid dienone is 3. The molecule has 2 heterocycles. The Labute approximate surface area is 300 Å². The highest BCUT2D eigenvalue weighted by atomic mass is 16.7. The molecule has 0 aromatic heterocycles. The van der Waals surface area contributed by atoms with Crippen molar-refractivity contribution in [2.45, 2.75) is 162 Å². The lowest BCUT2D eigenvalue weighted by Crippen LogP contribution is -2.55. The van der Waals surface area contributed by atoms with Crippen LogP contribution in [0.5, 0.6) is 0 Å². The molecule has 0 spiro atoms. The van der Waals surface area contributed by atoms with E-state index in [1.165, 1.54) is 14.0 Å². The number of aliphatic hydroxyl groups is 5. The second-order valence-electron chi connectivity index (χ2n) is 14.8. The van der Waals surface area contributed by atoms with Crippen LogP contribution in [0.15, 0.2) is 47.3 Å². The molecule has 288 valence electrons. The van der Waals surface area contributed by atoms with E-state index < -0.39 is 60.8 Å². The van der Waals surface area contributed by atoms with Crippen molar-refractivity contribution in [1.82, 2.24) is 5.32 Å². The Bertz CT molecular complexity index is 1180. The van der Waals surface area contributed by atoms with Gasteiger partial charge in [0.05, 0.1) is 43.7 Å². The third-order valence-corrected chi connectivity index (χ3v) is 10.4. The molecule has 2 fully saturated rings. The van der Waals surface area contributed by atoms with Gasteiger partial charge in [0.15, 0.2) is 12.1 Å². The van der Waals surface area contributed by atoms with Crippen LogP contribution in [-0.4, -0.2) is 99.4 Å². The summed E-state index contributed by atoms with van der Waals surface area (Å²) in [5, 5.41) is 55.9. The molecular weight excluding hydrogens is 642 g/mol. The Kier molecular flexibility index (Phi) is 17.8. The molecular formula is C39H67NO10. The number of hydrogen-bond donors (Lipinski definition) is 6. The normalized spacial score (nSPS) is 33.8.